The van der Waals surface area contributed by atoms with Crippen LogP contribution in [-0.4, -0.2) is 34.9 Å². The van der Waals surface area contributed by atoms with Crippen molar-refractivity contribution in [1.82, 2.24) is 0 Å². The summed E-state index contributed by atoms with van der Waals surface area (Å²) in [6, 6.07) is 1.52. The van der Waals surface area contributed by atoms with Crippen LogP contribution in [0.3, 0.4) is 0 Å². The Hall–Kier alpha value is 0.647. The Labute approximate surface area is 75.9 Å². The van der Waals surface area contributed by atoms with Gasteiger partial charge in [0.05, 0.1) is 0 Å². The molecule has 0 aliphatic heterocycles. The van der Waals surface area contributed by atoms with E-state index in [1.807, 2.05) is 0 Å². The van der Waals surface area contributed by atoms with E-state index in [1.165, 1.54) is 41.2 Å². The molecule has 0 amide bonds. The fourth-order valence-corrected chi connectivity index (χ4v) is 6.56. The zero-order chi connectivity index (χ0) is 8.74. The summed E-state index contributed by atoms with van der Waals surface area (Å²) >= 11 is 0. The molecule has 11 heavy (non-hydrogen) atoms. The summed E-state index contributed by atoms with van der Waals surface area (Å²) in [4.78, 5) is 0. The summed E-state index contributed by atoms with van der Waals surface area (Å²) in [5.41, 5.74) is 0. The molecule has 0 radical (unpaired) electrons. The molecule has 0 aromatic carbocycles. The molecule has 0 aromatic heterocycles. The molecule has 0 aliphatic rings. The van der Waals surface area contributed by atoms with Crippen LogP contribution in [0.5, 0.6) is 0 Å². The van der Waals surface area contributed by atoms with Gasteiger partial charge in [0.1, 0.15) is 0 Å². The zero-order valence-electron chi connectivity index (χ0n) is 8.74. The van der Waals surface area contributed by atoms with Crippen molar-refractivity contribution in [3.05, 3.63) is 0 Å². The number of hydrogen-bond donors (Lipinski definition) is 0. The van der Waals surface area contributed by atoms with Crippen LogP contribution in [0.2, 0.25) is 6.04 Å². The van der Waals surface area contributed by atoms with E-state index in [4.69, 9.17) is 0 Å². The third-order valence-corrected chi connectivity index (χ3v) is 9.93. The van der Waals surface area contributed by atoms with E-state index >= 15 is 0 Å². The molecule has 0 heterocycles. The van der Waals surface area contributed by atoms with Crippen LogP contribution in [0.1, 0.15) is 27.2 Å². The molecule has 0 saturated carbocycles. The number of rotatable bonds is 6. The van der Waals surface area contributed by atoms with Crippen LogP contribution in [0.15, 0.2) is 0 Å². The average Bonchev–Trinajstić information content (AvgIpc) is 2.08. The van der Waals surface area contributed by atoms with E-state index in [9.17, 15) is 0 Å². The SMILES string of the molecule is CC[PH](CC)(CC)CCC[SiH3]. The van der Waals surface area contributed by atoms with Crippen molar-refractivity contribution in [3.8, 4) is 0 Å². The maximum atomic E-state index is 2.41. The predicted octanol–water partition coefficient (Wildman–Crippen LogP) is 1.97. The predicted molar refractivity (Wildman–Crippen MR) is 64.2 cm³/mol. The Kier molecular flexibility index (Phi) is 6.56. The Morgan fingerprint density at radius 2 is 1.45 bits per heavy atom. The Morgan fingerprint density at radius 3 is 1.73 bits per heavy atom. The van der Waals surface area contributed by atoms with Gasteiger partial charge in [-0.2, -0.15) is 0 Å². The van der Waals surface area contributed by atoms with Gasteiger partial charge < -0.3 is 0 Å². The second kappa shape index (κ2) is 6.19. The first-order chi connectivity index (χ1) is 5.24. The average molecular weight is 192 g/mol. The van der Waals surface area contributed by atoms with Gasteiger partial charge in [-0.15, -0.1) is 0 Å². The Morgan fingerprint density at radius 1 is 1.00 bits per heavy atom. The molecule has 0 N–H and O–H groups in total. The molecule has 0 saturated heterocycles. The monoisotopic (exact) mass is 192 g/mol. The normalized spacial score (nSPS) is 13.7. The van der Waals surface area contributed by atoms with E-state index in [0.717, 1.165) is 0 Å². The molecule has 0 nitrogen and oxygen atoms in total. The quantitative estimate of drug-likeness (QED) is 0.446. The van der Waals surface area contributed by atoms with Crippen molar-refractivity contribution in [2.24, 2.45) is 0 Å². The van der Waals surface area contributed by atoms with Crippen molar-refractivity contribution < 1.29 is 0 Å². The molecule has 2 heteroatoms. The summed E-state index contributed by atoms with van der Waals surface area (Å²) in [6.45, 7) is 7.23. The first-order valence-corrected chi connectivity index (χ1v) is 9.49. The fraction of sp³-hybridized carbons (Fsp3) is 1.00. The molecular weight excluding hydrogens is 167 g/mol. The van der Waals surface area contributed by atoms with Gasteiger partial charge in [0.25, 0.3) is 0 Å². The van der Waals surface area contributed by atoms with E-state index in [0.29, 0.717) is 0 Å². The molecular formula is C9H25PSi. The van der Waals surface area contributed by atoms with Crippen LogP contribution >= 0.6 is 7.26 Å². The van der Waals surface area contributed by atoms with E-state index in [2.05, 4.69) is 20.8 Å². The molecule has 0 rings (SSSR count). The summed E-state index contributed by atoms with van der Waals surface area (Å²) < 4.78 is 0. The van der Waals surface area contributed by atoms with Crippen LogP contribution in [0, 0.1) is 0 Å². The Bertz CT molecular complexity index is 81.3. The minimum absolute atomic E-state index is 0.716. The second-order valence-electron chi connectivity index (χ2n) is 3.66. The molecule has 0 aliphatic carbocycles. The van der Waals surface area contributed by atoms with E-state index < -0.39 is 7.26 Å². The molecule has 0 bridgehead atoms. The topological polar surface area (TPSA) is 0 Å². The second-order valence-corrected chi connectivity index (χ2v) is 10.3. The summed E-state index contributed by atoms with van der Waals surface area (Å²) in [7, 11) is 0.696. The maximum absolute atomic E-state index is 2.41. The summed E-state index contributed by atoms with van der Waals surface area (Å²) in [6.07, 6.45) is 7.69. The summed E-state index contributed by atoms with van der Waals surface area (Å²) in [5, 5.41) is 0. The van der Waals surface area contributed by atoms with E-state index in [-0.39, 0.29) is 0 Å². The van der Waals surface area contributed by atoms with Gasteiger partial charge in [-0.1, -0.05) is 0 Å². The van der Waals surface area contributed by atoms with Gasteiger partial charge >= 0.3 is 75.4 Å². The summed E-state index contributed by atoms with van der Waals surface area (Å²) in [5.74, 6) is 0. The van der Waals surface area contributed by atoms with Crippen LogP contribution < -0.4 is 0 Å². The van der Waals surface area contributed by atoms with E-state index in [1.54, 1.807) is 6.16 Å². The van der Waals surface area contributed by atoms with Gasteiger partial charge in [-0.25, -0.2) is 0 Å². The fourth-order valence-electron chi connectivity index (χ4n) is 1.83. The van der Waals surface area contributed by atoms with Crippen molar-refractivity contribution in [1.29, 1.82) is 0 Å². The van der Waals surface area contributed by atoms with Gasteiger partial charge in [-0.3, -0.25) is 0 Å². The number of hydrogen-bond acceptors (Lipinski definition) is 0. The first-order valence-electron chi connectivity index (χ1n) is 5.24. The third kappa shape index (κ3) is 3.71. The van der Waals surface area contributed by atoms with Crippen molar-refractivity contribution >= 4 is 17.5 Å². The minimum atomic E-state index is -0.716. The first kappa shape index (κ1) is 11.6. The van der Waals surface area contributed by atoms with Gasteiger partial charge in [0, 0.05) is 0 Å². The Balaban J connectivity index is 3.84. The molecule has 0 aromatic rings. The standard InChI is InChI=1S/C9H25PSi/c1-4-10(5-2,6-3)8-7-9-11/h10H,4-9H2,1-3,11H3. The molecule has 0 spiro atoms. The van der Waals surface area contributed by atoms with Crippen LogP contribution in [0.4, 0.5) is 0 Å². The molecule has 70 valence electrons. The molecule has 0 atom stereocenters. The third-order valence-electron chi connectivity index (χ3n) is 3.31. The van der Waals surface area contributed by atoms with Crippen LogP contribution in [0.25, 0.3) is 0 Å². The van der Waals surface area contributed by atoms with Crippen LogP contribution in [-0.2, 0) is 0 Å². The zero-order valence-corrected chi connectivity index (χ0v) is 11.7. The van der Waals surface area contributed by atoms with Gasteiger partial charge in [-0.05, 0) is 0 Å². The molecule has 0 unspecified atom stereocenters. The molecule has 0 fully saturated rings. The van der Waals surface area contributed by atoms with Crippen molar-refractivity contribution in [2.75, 3.05) is 24.6 Å². The van der Waals surface area contributed by atoms with Crippen molar-refractivity contribution in [3.63, 3.8) is 0 Å². The van der Waals surface area contributed by atoms with Gasteiger partial charge in [0.15, 0.2) is 0 Å². The van der Waals surface area contributed by atoms with Gasteiger partial charge in [0.2, 0.25) is 0 Å². The van der Waals surface area contributed by atoms with Crippen molar-refractivity contribution in [2.45, 2.75) is 33.2 Å².